The quantitative estimate of drug-likeness (QED) is 0.634. The molecule has 0 aliphatic heterocycles. The summed E-state index contributed by atoms with van der Waals surface area (Å²) < 4.78 is 0. The van der Waals surface area contributed by atoms with Gasteiger partial charge in [-0.05, 0) is 40.5 Å². The fraction of sp³-hybridized carbons (Fsp3) is 1.00. The minimum atomic E-state index is 0.354. The first kappa shape index (κ1) is 11.9. The van der Waals surface area contributed by atoms with Gasteiger partial charge in [-0.1, -0.05) is 13.8 Å². The lowest BCUT2D eigenvalue weighted by molar-refractivity contribution is 0.115. The average Bonchev–Trinajstić information content (AvgIpc) is 1.82. The molecule has 0 aliphatic rings. The van der Waals surface area contributed by atoms with E-state index in [0.717, 1.165) is 6.54 Å². The van der Waals surface area contributed by atoms with Crippen LogP contribution in [-0.4, -0.2) is 50.6 Å². The van der Waals surface area contributed by atoms with E-state index >= 15 is 0 Å². The zero-order chi connectivity index (χ0) is 9.94. The minimum Gasteiger partial charge on any atom is -0.309 e. The molecule has 2 nitrogen and oxygen atoms in total. The summed E-state index contributed by atoms with van der Waals surface area (Å²) in [4.78, 5) is 4.53. The van der Waals surface area contributed by atoms with Crippen molar-refractivity contribution in [3.05, 3.63) is 0 Å². The maximum atomic E-state index is 2.32. The van der Waals surface area contributed by atoms with Gasteiger partial charge in [-0.15, -0.1) is 0 Å². The number of hydrogen-bond acceptors (Lipinski definition) is 2. The Labute approximate surface area is 77.5 Å². The SMILES string of the molecule is CC(N(C)C)C(C)(C)CN(C)C. The van der Waals surface area contributed by atoms with Gasteiger partial charge in [0.25, 0.3) is 0 Å². The molecule has 0 fully saturated rings. The molecular weight excluding hydrogens is 148 g/mol. The Kier molecular flexibility index (Phi) is 4.21. The Morgan fingerprint density at radius 1 is 1.08 bits per heavy atom. The van der Waals surface area contributed by atoms with Crippen LogP contribution in [0.2, 0.25) is 0 Å². The van der Waals surface area contributed by atoms with Crippen molar-refractivity contribution in [1.29, 1.82) is 0 Å². The molecule has 0 saturated heterocycles. The molecular formula is C10H24N2. The summed E-state index contributed by atoms with van der Waals surface area (Å²) in [6.07, 6.45) is 0. The van der Waals surface area contributed by atoms with Crippen LogP contribution in [0.4, 0.5) is 0 Å². The van der Waals surface area contributed by atoms with Gasteiger partial charge in [0, 0.05) is 12.6 Å². The van der Waals surface area contributed by atoms with Gasteiger partial charge in [-0.25, -0.2) is 0 Å². The Bertz CT molecular complexity index is 128. The van der Waals surface area contributed by atoms with Crippen LogP contribution in [-0.2, 0) is 0 Å². The van der Waals surface area contributed by atoms with Crippen LogP contribution in [0.5, 0.6) is 0 Å². The molecule has 0 N–H and O–H groups in total. The Hall–Kier alpha value is -0.0800. The van der Waals surface area contributed by atoms with E-state index in [9.17, 15) is 0 Å². The van der Waals surface area contributed by atoms with Crippen LogP contribution in [0.1, 0.15) is 20.8 Å². The van der Waals surface area contributed by atoms with Crippen LogP contribution in [0.25, 0.3) is 0 Å². The summed E-state index contributed by atoms with van der Waals surface area (Å²) in [5.74, 6) is 0. The predicted octanol–water partition coefficient (Wildman–Crippen LogP) is 1.52. The molecule has 0 bridgehead atoms. The first-order valence-corrected chi connectivity index (χ1v) is 4.58. The molecule has 0 aromatic rings. The van der Waals surface area contributed by atoms with Gasteiger partial charge in [-0.3, -0.25) is 0 Å². The highest BCUT2D eigenvalue weighted by Gasteiger charge is 2.27. The van der Waals surface area contributed by atoms with Gasteiger partial charge in [0.2, 0.25) is 0 Å². The van der Waals surface area contributed by atoms with E-state index in [2.05, 4.69) is 58.8 Å². The predicted molar refractivity (Wildman–Crippen MR) is 55.5 cm³/mol. The average molecular weight is 172 g/mol. The first-order valence-electron chi connectivity index (χ1n) is 4.58. The third-order valence-corrected chi connectivity index (χ3v) is 2.63. The highest BCUT2D eigenvalue weighted by Crippen LogP contribution is 2.23. The lowest BCUT2D eigenvalue weighted by Gasteiger charge is -2.38. The molecule has 0 heterocycles. The summed E-state index contributed by atoms with van der Waals surface area (Å²) in [7, 11) is 8.54. The van der Waals surface area contributed by atoms with Gasteiger partial charge in [-0.2, -0.15) is 0 Å². The number of hydrogen-bond donors (Lipinski definition) is 0. The summed E-state index contributed by atoms with van der Waals surface area (Å²) in [5.41, 5.74) is 0.354. The Balaban J connectivity index is 4.18. The van der Waals surface area contributed by atoms with Crippen LogP contribution in [0.3, 0.4) is 0 Å². The topological polar surface area (TPSA) is 6.48 Å². The minimum absolute atomic E-state index is 0.354. The summed E-state index contributed by atoms with van der Waals surface area (Å²) >= 11 is 0. The highest BCUT2D eigenvalue weighted by atomic mass is 15.1. The first-order chi connectivity index (χ1) is 5.27. The molecule has 0 spiro atoms. The largest absolute Gasteiger partial charge is 0.309 e. The van der Waals surface area contributed by atoms with E-state index < -0.39 is 0 Å². The van der Waals surface area contributed by atoms with Crippen LogP contribution < -0.4 is 0 Å². The smallest absolute Gasteiger partial charge is 0.0124 e. The summed E-state index contributed by atoms with van der Waals surface area (Å²) in [6.45, 7) is 8.05. The van der Waals surface area contributed by atoms with Crippen molar-refractivity contribution >= 4 is 0 Å². The second-order valence-electron chi connectivity index (χ2n) is 4.87. The van der Waals surface area contributed by atoms with Gasteiger partial charge in [0.05, 0.1) is 0 Å². The molecule has 0 rings (SSSR count). The molecule has 0 saturated carbocycles. The van der Waals surface area contributed by atoms with Crippen LogP contribution >= 0.6 is 0 Å². The van der Waals surface area contributed by atoms with E-state index in [1.54, 1.807) is 0 Å². The lowest BCUT2D eigenvalue weighted by Crippen LogP contribution is -2.44. The van der Waals surface area contributed by atoms with Crippen molar-refractivity contribution in [3.8, 4) is 0 Å². The molecule has 0 radical (unpaired) electrons. The van der Waals surface area contributed by atoms with E-state index in [4.69, 9.17) is 0 Å². The number of nitrogens with zero attached hydrogens (tertiary/aromatic N) is 2. The second kappa shape index (κ2) is 4.24. The second-order valence-corrected chi connectivity index (χ2v) is 4.87. The molecule has 1 unspecified atom stereocenters. The molecule has 12 heavy (non-hydrogen) atoms. The molecule has 74 valence electrons. The standard InChI is InChI=1S/C10H24N2/c1-9(12(6)7)10(2,3)8-11(4)5/h9H,8H2,1-7H3. The maximum Gasteiger partial charge on any atom is 0.0124 e. The fourth-order valence-corrected chi connectivity index (χ4v) is 1.65. The molecule has 1 atom stereocenters. The molecule has 0 aromatic heterocycles. The Morgan fingerprint density at radius 2 is 1.50 bits per heavy atom. The zero-order valence-corrected chi connectivity index (χ0v) is 9.68. The van der Waals surface area contributed by atoms with E-state index in [1.807, 2.05) is 0 Å². The monoisotopic (exact) mass is 172 g/mol. The lowest BCUT2D eigenvalue weighted by atomic mass is 9.84. The van der Waals surface area contributed by atoms with Crippen LogP contribution in [0.15, 0.2) is 0 Å². The zero-order valence-electron chi connectivity index (χ0n) is 9.68. The van der Waals surface area contributed by atoms with E-state index in [0.29, 0.717) is 11.5 Å². The van der Waals surface area contributed by atoms with Crippen molar-refractivity contribution in [3.63, 3.8) is 0 Å². The Morgan fingerprint density at radius 3 is 1.75 bits per heavy atom. The van der Waals surface area contributed by atoms with E-state index in [-0.39, 0.29) is 0 Å². The van der Waals surface area contributed by atoms with Gasteiger partial charge >= 0.3 is 0 Å². The van der Waals surface area contributed by atoms with Gasteiger partial charge in [0.1, 0.15) is 0 Å². The van der Waals surface area contributed by atoms with Crippen molar-refractivity contribution in [2.75, 3.05) is 34.7 Å². The van der Waals surface area contributed by atoms with Crippen LogP contribution in [0, 0.1) is 5.41 Å². The van der Waals surface area contributed by atoms with Crippen molar-refractivity contribution < 1.29 is 0 Å². The van der Waals surface area contributed by atoms with Gasteiger partial charge in [0.15, 0.2) is 0 Å². The summed E-state index contributed by atoms with van der Waals surface area (Å²) in [5, 5.41) is 0. The fourth-order valence-electron chi connectivity index (χ4n) is 1.65. The van der Waals surface area contributed by atoms with E-state index in [1.165, 1.54) is 0 Å². The summed E-state index contributed by atoms with van der Waals surface area (Å²) in [6, 6.07) is 0.611. The molecule has 0 aromatic carbocycles. The van der Waals surface area contributed by atoms with Crippen molar-refractivity contribution in [1.82, 2.24) is 9.80 Å². The third-order valence-electron chi connectivity index (χ3n) is 2.63. The normalized spacial score (nSPS) is 15.8. The van der Waals surface area contributed by atoms with Crippen molar-refractivity contribution in [2.24, 2.45) is 5.41 Å². The van der Waals surface area contributed by atoms with Gasteiger partial charge < -0.3 is 9.80 Å². The highest BCUT2D eigenvalue weighted by molar-refractivity contribution is 4.82. The maximum absolute atomic E-state index is 2.32. The van der Waals surface area contributed by atoms with Crippen molar-refractivity contribution in [2.45, 2.75) is 26.8 Å². The molecule has 0 amide bonds. The number of rotatable bonds is 4. The molecule has 2 heteroatoms. The molecule has 0 aliphatic carbocycles. The third kappa shape index (κ3) is 3.55.